The molecule has 8 nitrogen and oxygen atoms in total. The summed E-state index contributed by atoms with van der Waals surface area (Å²) in [6, 6.07) is 6.69. The van der Waals surface area contributed by atoms with Gasteiger partial charge in [-0.1, -0.05) is 0 Å². The average Bonchev–Trinajstić information content (AvgIpc) is 3.09. The average molecular weight is 405 g/mol. The summed E-state index contributed by atoms with van der Waals surface area (Å²) in [4.78, 5) is 39.9. The lowest BCUT2D eigenvalue weighted by Crippen LogP contribution is -2.46. The summed E-state index contributed by atoms with van der Waals surface area (Å²) in [5.41, 5.74) is 1.46. The Labute approximate surface area is 167 Å². The van der Waals surface area contributed by atoms with Crippen molar-refractivity contribution in [2.24, 2.45) is 0 Å². The van der Waals surface area contributed by atoms with Crippen molar-refractivity contribution in [3.63, 3.8) is 0 Å². The molecule has 28 heavy (non-hydrogen) atoms. The van der Waals surface area contributed by atoms with Gasteiger partial charge >= 0.3 is 12.0 Å². The maximum absolute atomic E-state index is 12.1. The first-order chi connectivity index (χ1) is 13.3. The highest BCUT2D eigenvalue weighted by atomic mass is 32.1. The van der Waals surface area contributed by atoms with Crippen molar-refractivity contribution in [1.82, 2.24) is 15.6 Å². The number of benzene rings is 1. The van der Waals surface area contributed by atoms with Gasteiger partial charge in [-0.25, -0.2) is 9.78 Å². The molecule has 1 aromatic heterocycles. The highest BCUT2D eigenvalue weighted by Gasteiger charge is 2.21. The zero-order chi connectivity index (χ0) is 20.7. The van der Waals surface area contributed by atoms with E-state index < -0.39 is 24.0 Å². The van der Waals surface area contributed by atoms with E-state index in [1.807, 2.05) is 24.3 Å². The van der Waals surface area contributed by atoms with E-state index in [-0.39, 0.29) is 12.5 Å². The number of nitrogens with zero attached hydrogens (tertiary/aromatic N) is 1. The maximum Gasteiger partial charge on any atom is 0.321 e. The SMILES string of the molecule is COc1ccc(-c2nc(CC(=O)O[C@H](C)C(=O)NC(=O)NC(C)C)cs2)cc1. The van der Waals surface area contributed by atoms with Crippen LogP contribution in [0.15, 0.2) is 29.6 Å². The van der Waals surface area contributed by atoms with Gasteiger partial charge < -0.3 is 14.8 Å². The molecule has 0 saturated heterocycles. The van der Waals surface area contributed by atoms with Crippen molar-refractivity contribution < 1.29 is 23.9 Å². The van der Waals surface area contributed by atoms with Crippen molar-refractivity contribution in [2.75, 3.05) is 7.11 Å². The highest BCUT2D eigenvalue weighted by molar-refractivity contribution is 7.13. The molecule has 3 amide bonds. The third-order valence-electron chi connectivity index (χ3n) is 3.55. The number of imide groups is 1. The van der Waals surface area contributed by atoms with Crippen molar-refractivity contribution in [3.05, 3.63) is 35.3 Å². The van der Waals surface area contributed by atoms with Crippen LogP contribution in [0.25, 0.3) is 10.6 Å². The second-order valence-corrected chi connectivity index (χ2v) is 7.16. The molecule has 0 saturated carbocycles. The van der Waals surface area contributed by atoms with Crippen molar-refractivity contribution in [1.29, 1.82) is 0 Å². The summed E-state index contributed by atoms with van der Waals surface area (Å²) in [6.07, 6.45) is -1.16. The van der Waals surface area contributed by atoms with E-state index in [9.17, 15) is 14.4 Å². The van der Waals surface area contributed by atoms with Crippen molar-refractivity contribution >= 4 is 29.2 Å². The number of nitrogens with one attached hydrogen (secondary N) is 2. The first kappa shape index (κ1) is 21.4. The smallest absolute Gasteiger partial charge is 0.321 e. The second kappa shape index (κ2) is 9.84. The minimum Gasteiger partial charge on any atom is -0.497 e. The van der Waals surface area contributed by atoms with Crippen molar-refractivity contribution in [2.45, 2.75) is 39.3 Å². The fraction of sp³-hybridized carbons (Fsp3) is 0.368. The van der Waals surface area contributed by atoms with Crippen LogP contribution in [0, 0.1) is 0 Å². The Bertz CT molecular complexity index is 832. The zero-order valence-corrected chi connectivity index (χ0v) is 17.0. The minimum atomic E-state index is -1.09. The van der Waals surface area contributed by atoms with Gasteiger partial charge in [0.15, 0.2) is 6.10 Å². The zero-order valence-electron chi connectivity index (χ0n) is 16.1. The first-order valence-electron chi connectivity index (χ1n) is 8.68. The van der Waals surface area contributed by atoms with Crippen molar-refractivity contribution in [3.8, 4) is 16.3 Å². The number of hydrogen-bond donors (Lipinski definition) is 2. The lowest BCUT2D eigenvalue weighted by Gasteiger charge is -2.14. The second-order valence-electron chi connectivity index (χ2n) is 6.30. The molecule has 1 atom stereocenters. The third kappa shape index (κ3) is 6.34. The molecule has 0 fully saturated rings. The predicted molar refractivity (Wildman–Crippen MR) is 105 cm³/mol. The van der Waals surface area contributed by atoms with Crippen LogP contribution in [0.2, 0.25) is 0 Å². The van der Waals surface area contributed by atoms with Gasteiger partial charge in [0, 0.05) is 17.0 Å². The highest BCUT2D eigenvalue weighted by Crippen LogP contribution is 2.25. The molecule has 0 aliphatic heterocycles. The number of aromatic nitrogens is 1. The van der Waals surface area contributed by atoms with E-state index in [0.717, 1.165) is 16.3 Å². The predicted octanol–water partition coefficient (Wildman–Crippen LogP) is 2.53. The van der Waals surface area contributed by atoms with E-state index in [1.54, 1.807) is 26.3 Å². The molecule has 0 bridgehead atoms. The number of amides is 3. The van der Waals surface area contributed by atoms with Crippen LogP contribution < -0.4 is 15.4 Å². The van der Waals surface area contributed by atoms with Gasteiger partial charge in [-0.2, -0.15) is 0 Å². The summed E-state index contributed by atoms with van der Waals surface area (Å²) in [5.74, 6) is -0.541. The van der Waals surface area contributed by atoms with Crippen LogP contribution >= 0.6 is 11.3 Å². The van der Waals surface area contributed by atoms with Gasteiger partial charge in [0.25, 0.3) is 5.91 Å². The van der Waals surface area contributed by atoms with E-state index >= 15 is 0 Å². The number of esters is 1. The monoisotopic (exact) mass is 405 g/mol. The van der Waals surface area contributed by atoms with Gasteiger partial charge in [-0.3, -0.25) is 14.9 Å². The summed E-state index contributed by atoms with van der Waals surface area (Å²) in [5, 5.41) is 7.18. The molecular formula is C19H23N3O5S. The molecular weight excluding hydrogens is 382 g/mol. The summed E-state index contributed by atoms with van der Waals surface area (Å²) < 4.78 is 10.2. The molecule has 2 N–H and O–H groups in total. The van der Waals surface area contributed by atoms with E-state index in [1.165, 1.54) is 18.3 Å². The molecule has 1 heterocycles. The summed E-state index contributed by atoms with van der Waals surface area (Å²) in [7, 11) is 1.60. The van der Waals surface area contributed by atoms with Gasteiger partial charge in [-0.05, 0) is 45.0 Å². The van der Waals surface area contributed by atoms with Crippen LogP contribution in [0.5, 0.6) is 5.75 Å². The van der Waals surface area contributed by atoms with Crippen LogP contribution in [0.4, 0.5) is 4.79 Å². The fourth-order valence-electron chi connectivity index (χ4n) is 2.21. The topological polar surface area (TPSA) is 107 Å². The first-order valence-corrected chi connectivity index (χ1v) is 9.56. The van der Waals surface area contributed by atoms with Crippen LogP contribution in [-0.4, -0.2) is 42.1 Å². The number of carbonyl (C=O) groups excluding carboxylic acids is 3. The van der Waals surface area contributed by atoms with E-state index in [4.69, 9.17) is 9.47 Å². The van der Waals surface area contributed by atoms with Gasteiger partial charge in [-0.15, -0.1) is 11.3 Å². The molecule has 0 radical (unpaired) electrons. The number of methoxy groups -OCH3 is 1. The summed E-state index contributed by atoms with van der Waals surface area (Å²) in [6.45, 7) is 4.93. The molecule has 0 spiro atoms. The Hall–Kier alpha value is -2.94. The lowest BCUT2D eigenvalue weighted by molar-refractivity contribution is -0.153. The Kier molecular flexibility index (Phi) is 7.51. The molecule has 0 unspecified atom stereocenters. The lowest BCUT2D eigenvalue weighted by atomic mass is 10.2. The molecule has 0 aliphatic carbocycles. The van der Waals surface area contributed by atoms with Crippen LogP contribution in [-0.2, 0) is 20.7 Å². The number of rotatable bonds is 7. The molecule has 0 aliphatic rings. The van der Waals surface area contributed by atoms with E-state index in [2.05, 4.69) is 15.6 Å². The number of ether oxygens (including phenoxy) is 2. The Balaban J connectivity index is 1.88. The third-order valence-corrected chi connectivity index (χ3v) is 4.49. The maximum atomic E-state index is 12.1. The van der Waals surface area contributed by atoms with Crippen LogP contribution in [0.1, 0.15) is 26.5 Å². The Morgan fingerprint density at radius 3 is 2.43 bits per heavy atom. The minimum absolute atomic E-state index is 0.0670. The number of thiazole rings is 1. The Morgan fingerprint density at radius 2 is 1.82 bits per heavy atom. The quantitative estimate of drug-likeness (QED) is 0.686. The van der Waals surface area contributed by atoms with Gasteiger partial charge in [0.2, 0.25) is 0 Å². The van der Waals surface area contributed by atoms with Gasteiger partial charge in [0.1, 0.15) is 10.8 Å². The standard InChI is InChI=1S/C19H23N3O5S/c1-11(2)20-19(25)22-17(24)12(3)27-16(23)9-14-10-28-18(21-14)13-5-7-15(26-4)8-6-13/h5-8,10-12H,9H2,1-4H3,(H2,20,22,24,25)/t12-/m1/s1. The summed E-state index contributed by atoms with van der Waals surface area (Å²) >= 11 is 1.41. The van der Waals surface area contributed by atoms with Gasteiger partial charge in [0.05, 0.1) is 19.2 Å². The molecule has 1 aromatic carbocycles. The Morgan fingerprint density at radius 1 is 1.14 bits per heavy atom. The molecule has 9 heteroatoms. The van der Waals surface area contributed by atoms with E-state index in [0.29, 0.717) is 5.69 Å². The largest absolute Gasteiger partial charge is 0.497 e. The fourth-order valence-corrected chi connectivity index (χ4v) is 3.03. The van der Waals surface area contributed by atoms with Crippen LogP contribution in [0.3, 0.4) is 0 Å². The molecule has 2 rings (SSSR count). The normalized spacial score (nSPS) is 11.6. The number of urea groups is 1. The number of hydrogen-bond acceptors (Lipinski definition) is 7. The molecule has 150 valence electrons. The number of carbonyl (C=O) groups is 3. The molecule has 2 aromatic rings.